The van der Waals surface area contributed by atoms with Crippen LogP contribution in [0.2, 0.25) is 0 Å². The minimum absolute atomic E-state index is 0.00836. The average Bonchev–Trinajstić information content (AvgIpc) is 3.48. The molecule has 0 saturated carbocycles. The summed E-state index contributed by atoms with van der Waals surface area (Å²) < 4.78 is 67.1. The monoisotopic (exact) mass is 514 g/mol. The second-order valence-corrected chi connectivity index (χ2v) is 10.6. The Hall–Kier alpha value is -3.63. The summed E-state index contributed by atoms with van der Waals surface area (Å²) in [4.78, 5) is 4.34. The maximum Gasteiger partial charge on any atom is 0.416 e. The van der Waals surface area contributed by atoms with Crippen molar-refractivity contribution in [3.63, 3.8) is 0 Å². The van der Waals surface area contributed by atoms with Crippen molar-refractivity contribution >= 4 is 32.3 Å². The van der Waals surface area contributed by atoms with E-state index < -0.39 is 21.8 Å². The third-order valence-corrected chi connectivity index (χ3v) is 8.18. The molecule has 0 bridgehead atoms. The zero-order chi connectivity index (χ0) is 25.0. The van der Waals surface area contributed by atoms with E-state index >= 15 is 0 Å². The maximum absolute atomic E-state index is 13.5. The Kier molecular flexibility index (Phi) is 5.45. The van der Waals surface area contributed by atoms with Crippen molar-refractivity contribution in [2.24, 2.45) is 0 Å². The van der Waals surface area contributed by atoms with Gasteiger partial charge in [-0.05, 0) is 66.1 Å². The molecule has 0 aliphatic heterocycles. The van der Waals surface area contributed by atoms with E-state index in [9.17, 15) is 26.7 Å². The van der Waals surface area contributed by atoms with Gasteiger partial charge in [-0.15, -0.1) is 11.3 Å². The second kappa shape index (κ2) is 8.24. The van der Waals surface area contributed by atoms with Gasteiger partial charge in [0.1, 0.15) is 10.8 Å². The molecule has 0 aliphatic carbocycles. The third kappa shape index (κ3) is 4.08. The normalized spacial score (nSPS) is 12.3. The van der Waals surface area contributed by atoms with Gasteiger partial charge in [-0.25, -0.2) is 17.4 Å². The number of phenols is 1. The first-order valence-electron chi connectivity index (χ1n) is 10.3. The molecule has 0 fully saturated rings. The first-order chi connectivity index (χ1) is 16.6. The van der Waals surface area contributed by atoms with Crippen LogP contribution in [0, 0.1) is 6.92 Å². The van der Waals surface area contributed by atoms with Crippen LogP contribution in [-0.4, -0.2) is 22.5 Å². The molecule has 0 aliphatic rings. The van der Waals surface area contributed by atoms with Crippen molar-refractivity contribution in [1.82, 2.24) is 8.96 Å². The highest BCUT2D eigenvalue weighted by atomic mass is 32.2. The molecular formula is C25H17F3N2O3S2. The van der Waals surface area contributed by atoms with E-state index in [1.807, 2.05) is 0 Å². The van der Waals surface area contributed by atoms with E-state index in [4.69, 9.17) is 0 Å². The quantitative estimate of drug-likeness (QED) is 0.290. The van der Waals surface area contributed by atoms with Crippen LogP contribution in [0.15, 0.2) is 83.3 Å². The molecule has 178 valence electrons. The lowest BCUT2D eigenvalue weighted by molar-refractivity contribution is -0.137. The highest BCUT2D eigenvalue weighted by Crippen LogP contribution is 2.37. The van der Waals surface area contributed by atoms with E-state index in [0.717, 1.165) is 12.1 Å². The summed E-state index contributed by atoms with van der Waals surface area (Å²) in [6, 6.07) is 13.9. The lowest BCUT2D eigenvalue weighted by Gasteiger charge is -2.10. The fourth-order valence-electron chi connectivity index (χ4n) is 3.86. The Morgan fingerprint density at radius 1 is 0.971 bits per heavy atom. The zero-order valence-electron chi connectivity index (χ0n) is 18.1. The van der Waals surface area contributed by atoms with Gasteiger partial charge in [0.05, 0.1) is 16.0 Å². The molecule has 3 aromatic carbocycles. The van der Waals surface area contributed by atoms with Crippen molar-refractivity contribution in [2.75, 3.05) is 0 Å². The van der Waals surface area contributed by atoms with Gasteiger partial charge in [0.2, 0.25) is 0 Å². The topological polar surface area (TPSA) is 72.2 Å². The van der Waals surface area contributed by atoms with Gasteiger partial charge in [-0.1, -0.05) is 18.2 Å². The first-order valence-corrected chi connectivity index (χ1v) is 12.7. The van der Waals surface area contributed by atoms with Crippen LogP contribution < -0.4 is 0 Å². The van der Waals surface area contributed by atoms with Crippen molar-refractivity contribution < 1.29 is 26.7 Å². The van der Waals surface area contributed by atoms with Crippen LogP contribution in [-0.2, 0) is 16.2 Å². The summed E-state index contributed by atoms with van der Waals surface area (Å²) in [6.45, 7) is 1.61. The van der Waals surface area contributed by atoms with Crippen molar-refractivity contribution in [3.8, 4) is 27.4 Å². The SMILES string of the molecule is Cc1cc(S(=O)(=O)n2cc(-c3nccs3)c3cc(-c4ccc(C(F)(F)F)cc4)ccc32)ccc1O. The molecule has 0 amide bonds. The van der Waals surface area contributed by atoms with Crippen LogP contribution in [0.25, 0.3) is 32.6 Å². The molecule has 35 heavy (non-hydrogen) atoms. The number of hydrogen-bond acceptors (Lipinski definition) is 5. The first kappa shape index (κ1) is 23.1. The third-order valence-electron chi connectivity index (χ3n) is 5.70. The van der Waals surface area contributed by atoms with Crippen LogP contribution in [0.3, 0.4) is 0 Å². The molecule has 5 aromatic rings. The predicted octanol–water partition coefficient (Wildman–Crippen LogP) is 6.70. The van der Waals surface area contributed by atoms with Crippen LogP contribution in [0.4, 0.5) is 13.2 Å². The number of thiazole rings is 1. The summed E-state index contributed by atoms with van der Waals surface area (Å²) in [7, 11) is -4.02. The number of hydrogen-bond donors (Lipinski definition) is 1. The lowest BCUT2D eigenvalue weighted by Crippen LogP contribution is -2.12. The molecule has 5 rings (SSSR count). The Bertz CT molecular complexity index is 1660. The molecule has 5 nitrogen and oxygen atoms in total. The van der Waals surface area contributed by atoms with Gasteiger partial charge in [0, 0.05) is 28.7 Å². The van der Waals surface area contributed by atoms with Crippen molar-refractivity contribution in [1.29, 1.82) is 0 Å². The number of aromatic hydroxyl groups is 1. The summed E-state index contributed by atoms with van der Waals surface area (Å²) in [5.41, 5.74) is 1.87. The van der Waals surface area contributed by atoms with Crippen LogP contribution in [0.1, 0.15) is 11.1 Å². The molecule has 0 unspecified atom stereocenters. The Labute approximate surface area is 202 Å². The van der Waals surface area contributed by atoms with Gasteiger partial charge in [-0.3, -0.25) is 0 Å². The number of fused-ring (bicyclic) bond motifs is 1. The van der Waals surface area contributed by atoms with Crippen LogP contribution in [0.5, 0.6) is 5.75 Å². The number of rotatable bonds is 4. The number of aromatic nitrogens is 2. The molecule has 0 radical (unpaired) electrons. The van der Waals surface area contributed by atoms with Gasteiger partial charge >= 0.3 is 6.18 Å². The van der Waals surface area contributed by atoms with Crippen molar-refractivity contribution in [2.45, 2.75) is 18.0 Å². The molecular weight excluding hydrogens is 497 g/mol. The molecule has 2 aromatic heterocycles. The van der Waals surface area contributed by atoms with Gasteiger partial charge in [0.25, 0.3) is 10.0 Å². The summed E-state index contributed by atoms with van der Waals surface area (Å²) in [5, 5.41) is 12.8. The van der Waals surface area contributed by atoms with Gasteiger partial charge in [0.15, 0.2) is 0 Å². The van der Waals surface area contributed by atoms with Gasteiger partial charge < -0.3 is 5.11 Å². The minimum Gasteiger partial charge on any atom is -0.508 e. The van der Waals surface area contributed by atoms with E-state index in [1.165, 1.54) is 51.8 Å². The van der Waals surface area contributed by atoms with E-state index in [-0.39, 0.29) is 10.6 Å². The Morgan fingerprint density at radius 2 is 1.69 bits per heavy atom. The molecule has 2 heterocycles. The molecule has 10 heteroatoms. The maximum atomic E-state index is 13.5. The second-order valence-electron chi connectivity index (χ2n) is 7.94. The summed E-state index contributed by atoms with van der Waals surface area (Å²) in [5.74, 6) is -0.00836. The predicted molar refractivity (Wildman–Crippen MR) is 129 cm³/mol. The van der Waals surface area contributed by atoms with E-state index in [2.05, 4.69) is 4.98 Å². The van der Waals surface area contributed by atoms with E-state index in [0.29, 0.717) is 38.2 Å². The summed E-state index contributed by atoms with van der Waals surface area (Å²) >= 11 is 1.34. The zero-order valence-corrected chi connectivity index (χ0v) is 19.7. The number of phenolic OH excluding ortho intramolecular Hbond substituents is 1. The standard InChI is InChI=1S/C25H17F3N2O3S2/c1-15-12-19(7-9-23(15)31)35(32,33)30-14-21(24-29-10-11-34-24)20-13-17(4-8-22(20)30)16-2-5-18(6-3-16)25(26,27)28/h2-14,31H,1H3. The molecule has 1 N–H and O–H groups in total. The van der Waals surface area contributed by atoms with Gasteiger partial charge in [-0.2, -0.15) is 13.2 Å². The minimum atomic E-state index is -4.43. The average molecular weight is 515 g/mol. The largest absolute Gasteiger partial charge is 0.508 e. The van der Waals surface area contributed by atoms with E-state index in [1.54, 1.807) is 36.7 Å². The number of alkyl halides is 3. The number of aryl methyl sites for hydroxylation is 1. The van der Waals surface area contributed by atoms with Crippen LogP contribution >= 0.6 is 11.3 Å². The number of halogens is 3. The lowest BCUT2D eigenvalue weighted by atomic mass is 10.0. The van der Waals surface area contributed by atoms with Crippen molar-refractivity contribution in [3.05, 3.63) is 89.6 Å². The smallest absolute Gasteiger partial charge is 0.416 e. The Morgan fingerprint density at radius 3 is 2.31 bits per heavy atom. The molecule has 0 saturated heterocycles. The molecule has 0 atom stereocenters. The number of nitrogens with zero attached hydrogens (tertiary/aromatic N) is 2. The highest BCUT2D eigenvalue weighted by molar-refractivity contribution is 7.90. The fourth-order valence-corrected chi connectivity index (χ4v) is 5.98. The Balaban J connectivity index is 1.69. The fraction of sp³-hybridized carbons (Fsp3) is 0.0800. The summed E-state index contributed by atoms with van der Waals surface area (Å²) in [6.07, 6.45) is -1.32. The number of benzene rings is 3. The highest BCUT2D eigenvalue weighted by Gasteiger charge is 2.30. The molecule has 0 spiro atoms.